The molecule has 4 aromatic rings. The molecule has 4 rings (SSSR count). The van der Waals surface area contributed by atoms with Crippen molar-refractivity contribution in [1.82, 2.24) is 9.55 Å². The minimum Gasteiger partial charge on any atom is -0.268 e. The second-order valence-corrected chi connectivity index (χ2v) is 7.55. The summed E-state index contributed by atoms with van der Waals surface area (Å²) in [7, 11) is 0. The summed E-state index contributed by atoms with van der Waals surface area (Å²) in [6.45, 7) is 0. The van der Waals surface area contributed by atoms with E-state index in [0.717, 1.165) is 27.8 Å². The number of hydrogen-bond acceptors (Lipinski definition) is 4. The molecule has 2 aromatic heterocycles. The van der Waals surface area contributed by atoms with Crippen molar-refractivity contribution in [3.63, 3.8) is 0 Å². The quantitative estimate of drug-likeness (QED) is 0.377. The first kappa shape index (κ1) is 16.1. The molecule has 0 saturated heterocycles. The van der Waals surface area contributed by atoms with Gasteiger partial charge >= 0.3 is 0 Å². The van der Waals surface area contributed by atoms with Gasteiger partial charge in [0.15, 0.2) is 5.16 Å². The summed E-state index contributed by atoms with van der Waals surface area (Å²) in [6.07, 6.45) is 0.943. The number of rotatable bonds is 5. The Kier molecular flexibility index (Phi) is 4.68. The van der Waals surface area contributed by atoms with E-state index in [0.29, 0.717) is 5.39 Å². The number of para-hydroxylation sites is 1. The Hall–Kier alpha value is -2.37. The van der Waals surface area contributed by atoms with Crippen molar-refractivity contribution < 1.29 is 0 Å². The van der Waals surface area contributed by atoms with Crippen molar-refractivity contribution in [2.24, 2.45) is 0 Å². The van der Waals surface area contributed by atoms with Crippen LogP contribution in [0.25, 0.3) is 15.9 Å². The van der Waals surface area contributed by atoms with Gasteiger partial charge in [0.2, 0.25) is 0 Å². The molecule has 0 N–H and O–H groups in total. The normalized spacial score (nSPS) is 11.0. The van der Waals surface area contributed by atoms with E-state index in [9.17, 15) is 4.79 Å². The van der Waals surface area contributed by atoms with Crippen LogP contribution in [-0.2, 0) is 6.42 Å². The molecular weight excluding hydrogens is 348 g/mol. The van der Waals surface area contributed by atoms with Crippen molar-refractivity contribution in [1.29, 1.82) is 0 Å². The van der Waals surface area contributed by atoms with E-state index in [-0.39, 0.29) is 5.56 Å². The van der Waals surface area contributed by atoms with E-state index in [2.05, 4.69) is 24.3 Å². The van der Waals surface area contributed by atoms with Gasteiger partial charge in [0, 0.05) is 5.75 Å². The predicted octanol–water partition coefficient (Wildman–Crippen LogP) is 4.78. The molecule has 0 atom stereocenters. The number of fused-ring (bicyclic) bond motifs is 1. The van der Waals surface area contributed by atoms with Crippen LogP contribution < -0.4 is 5.56 Å². The van der Waals surface area contributed by atoms with Crippen molar-refractivity contribution in [2.45, 2.75) is 11.6 Å². The third kappa shape index (κ3) is 3.38. The number of benzene rings is 2. The molecule has 25 heavy (non-hydrogen) atoms. The molecule has 0 aliphatic rings. The molecule has 5 heteroatoms. The lowest BCUT2D eigenvalue weighted by Crippen LogP contribution is -2.21. The van der Waals surface area contributed by atoms with Gasteiger partial charge in [-0.3, -0.25) is 9.36 Å². The third-order valence-corrected chi connectivity index (χ3v) is 5.69. The smallest absolute Gasteiger partial charge is 0.267 e. The van der Waals surface area contributed by atoms with E-state index in [1.807, 2.05) is 47.8 Å². The standard InChI is InChI=1S/C20H16N2OS2/c23-19-17-12-14-24-18(17)21-20(22(19)16-9-5-2-6-10-16)25-13-11-15-7-3-1-4-8-15/h1-10,12,14H,11,13H2. The topological polar surface area (TPSA) is 34.9 Å². The van der Waals surface area contributed by atoms with E-state index in [1.165, 1.54) is 16.9 Å². The first-order chi connectivity index (χ1) is 12.3. The van der Waals surface area contributed by atoms with Gasteiger partial charge in [0.25, 0.3) is 5.56 Å². The second kappa shape index (κ2) is 7.25. The number of aryl methyl sites for hydroxylation is 1. The summed E-state index contributed by atoms with van der Waals surface area (Å²) in [5.74, 6) is 0.875. The van der Waals surface area contributed by atoms with Gasteiger partial charge in [-0.05, 0) is 35.6 Å². The first-order valence-electron chi connectivity index (χ1n) is 8.05. The number of nitrogens with zero attached hydrogens (tertiary/aromatic N) is 2. The van der Waals surface area contributed by atoms with Gasteiger partial charge < -0.3 is 0 Å². The Labute approximate surface area is 154 Å². The minimum atomic E-state index is -0.000314. The zero-order chi connectivity index (χ0) is 17.1. The molecule has 124 valence electrons. The minimum absolute atomic E-state index is 0.000314. The molecule has 0 aliphatic heterocycles. The lowest BCUT2D eigenvalue weighted by molar-refractivity contribution is 0.822. The van der Waals surface area contributed by atoms with Crippen LogP contribution in [0.4, 0.5) is 0 Å². The van der Waals surface area contributed by atoms with Gasteiger partial charge in [0.05, 0.1) is 11.1 Å². The lowest BCUT2D eigenvalue weighted by Gasteiger charge is -2.12. The summed E-state index contributed by atoms with van der Waals surface area (Å²) >= 11 is 3.14. The fraction of sp³-hybridized carbons (Fsp3) is 0.100. The monoisotopic (exact) mass is 364 g/mol. The Morgan fingerprint density at radius 3 is 2.44 bits per heavy atom. The fourth-order valence-corrected chi connectivity index (χ4v) is 4.51. The van der Waals surface area contributed by atoms with E-state index in [1.54, 1.807) is 16.3 Å². The Balaban J connectivity index is 1.70. The highest BCUT2D eigenvalue weighted by Crippen LogP contribution is 2.24. The van der Waals surface area contributed by atoms with Crippen molar-refractivity contribution >= 4 is 33.3 Å². The van der Waals surface area contributed by atoms with Crippen LogP contribution in [0.5, 0.6) is 0 Å². The van der Waals surface area contributed by atoms with Gasteiger partial charge in [-0.15, -0.1) is 11.3 Å². The average molecular weight is 364 g/mol. The van der Waals surface area contributed by atoms with Gasteiger partial charge in [-0.1, -0.05) is 60.3 Å². The van der Waals surface area contributed by atoms with Crippen LogP contribution in [0.15, 0.2) is 82.1 Å². The molecule has 0 fully saturated rings. The van der Waals surface area contributed by atoms with Crippen LogP contribution >= 0.6 is 23.1 Å². The first-order valence-corrected chi connectivity index (χ1v) is 9.92. The zero-order valence-corrected chi connectivity index (χ0v) is 15.1. The highest BCUT2D eigenvalue weighted by Gasteiger charge is 2.13. The zero-order valence-electron chi connectivity index (χ0n) is 13.5. The molecule has 0 bridgehead atoms. The maximum absolute atomic E-state index is 13.0. The predicted molar refractivity (Wildman–Crippen MR) is 106 cm³/mol. The molecule has 0 unspecified atom stereocenters. The Morgan fingerprint density at radius 1 is 0.960 bits per heavy atom. The number of thiophene rings is 1. The van der Waals surface area contributed by atoms with Crippen molar-refractivity contribution in [2.75, 3.05) is 5.75 Å². The third-order valence-electron chi connectivity index (χ3n) is 3.95. The van der Waals surface area contributed by atoms with Gasteiger partial charge in [-0.25, -0.2) is 4.98 Å². The average Bonchev–Trinajstić information content (AvgIpc) is 3.12. The summed E-state index contributed by atoms with van der Waals surface area (Å²) in [5.41, 5.74) is 2.15. The highest BCUT2D eigenvalue weighted by molar-refractivity contribution is 7.99. The maximum Gasteiger partial charge on any atom is 0.267 e. The molecule has 0 spiro atoms. The Bertz CT molecular complexity index is 1040. The second-order valence-electron chi connectivity index (χ2n) is 5.59. The fourth-order valence-electron chi connectivity index (χ4n) is 2.70. The maximum atomic E-state index is 13.0. The van der Waals surface area contributed by atoms with Crippen LogP contribution in [0.1, 0.15) is 5.56 Å². The summed E-state index contributed by atoms with van der Waals surface area (Å²) in [5, 5.41) is 3.36. The van der Waals surface area contributed by atoms with E-state index >= 15 is 0 Å². The molecule has 2 heterocycles. The molecule has 3 nitrogen and oxygen atoms in total. The van der Waals surface area contributed by atoms with Gasteiger partial charge in [0.1, 0.15) is 4.83 Å². The van der Waals surface area contributed by atoms with Crippen LogP contribution in [0.2, 0.25) is 0 Å². The van der Waals surface area contributed by atoms with Crippen LogP contribution in [0.3, 0.4) is 0 Å². The summed E-state index contributed by atoms with van der Waals surface area (Å²) in [4.78, 5) is 18.5. The number of aromatic nitrogens is 2. The van der Waals surface area contributed by atoms with Gasteiger partial charge in [-0.2, -0.15) is 0 Å². The molecule has 0 amide bonds. The summed E-state index contributed by atoms with van der Waals surface area (Å²) in [6, 6.07) is 22.0. The molecule has 0 radical (unpaired) electrons. The van der Waals surface area contributed by atoms with Crippen LogP contribution in [0, 0.1) is 0 Å². The number of hydrogen-bond donors (Lipinski definition) is 0. The Morgan fingerprint density at radius 2 is 1.68 bits per heavy atom. The van der Waals surface area contributed by atoms with E-state index < -0.39 is 0 Å². The molecule has 2 aromatic carbocycles. The lowest BCUT2D eigenvalue weighted by atomic mass is 10.2. The SMILES string of the molecule is O=c1c2ccsc2nc(SCCc2ccccc2)n1-c1ccccc1. The molecule has 0 aliphatic carbocycles. The van der Waals surface area contributed by atoms with Crippen LogP contribution in [-0.4, -0.2) is 15.3 Å². The van der Waals surface area contributed by atoms with Crippen molar-refractivity contribution in [3.05, 3.63) is 88.0 Å². The highest BCUT2D eigenvalue weighted by atomic mass is 32.2. The number of thioether (sulfide) groups is 1. The summed E-state index contributed by atoms with van der Waals surface area (Å²) < 4.78 is 1.73. The largest absolute Gasteiger partial charge is 0.268 e. The van der Waals surface area contributed by atoms with E-state index in [4.69, 9.17) is 4.98 Å². The molecular formula is C20H16N2OS2. The van der Waals surface area contributed by atoms with Crippen molar-refractivity contribution in [3.8, 4) is 5.69 Å². The molecule has 0 saturated carbocycles.